The van der Waals surface area contributed by atoms with Crippen LogP contribution in [-0.2, 0) is 11.8 Å². The molecule has 0 spiro atoms. The first-order valence-corrected chi connectivity index (χ1v) is 8.63. The Hall–Kier alpha value is -2.54. The van der Waals surface area contributed by atoms with E-state index >= 15 is 0 Å². The van der Waals surface area contributed by atoms with Crippen molar-refractivity contribution in [3.05, 3.63) is 36.7 Å². The van der Waals surface area contributed by atoms with Crippen molar-refractivity contribution in [3.8, 4) is 5.75 Å². The van der Waals surface area contributed by atoms with Crippen LogP contribution in [0.3, 0.4) is 0 Å². The number of anilines is 2. The van der Waals surface area contributed by atoms with Crippen LogP contribution < -0.4 is 15.0 Å². The Labute approximate surface area is 148 Å². The number of aryl methyl sites for hydroxylation is 1. The van der Waals surface area contributed by atoms with Crippen LogP contribution in [-0.4, -0.2) is 59.7 Å². The Morgan fingerprint density at radius 2 is 2.00 bits per heavy atom. The number of para-hydroxylation sites is 2. The van der Waals surface area contributed by atoms with Gasteiger partial charge in [0, 0.05) is 45.6 Å². The van der Waals surface area contributed by atoms with Crippen molar-refractivity contribution in [2.24, 2.45) is 7.05 Å². The second-order valence-corrected chi connectivity index (χ2v) is 6.08. The van der Waals surface area contributed by atoms with Gasteiger partial charge in [-0.25, -0.2) is 4.98 Å². The van der Waals surface area contributed by atoms with Crippen molar-refractivity contribution in [3.63, 3.8) is 0 Å². The predicted octanol–water partition coefficient (Wildman–Crippen LogP) is 1.58. The molecule has 1 aliphatic rings. The summed E-state index contributed by atoms with van der Waals surface area (Å²) in [5, 5.41) is 2.95. The topological polar surface area (TPSA) is 62.6 Å². The molecule has 1 saturated heterocycles. The predicted molar refractivity (Wildman–Crippen MR) is 98.1 cm³/mol. The van der Waals surface area contributed by atoms with Crippen LogP contribution in [0, 0.1) is 0 Å². The molecule has 3 rings (SSSR count). The molecule has 1 aromatic carbocycles. The number of ether oxygens (including phenoxy) is 1. The van der Waals surface area contributed by atoms with E-state index in [9.17, 15) is 4.79 Å². The van der Waals surface area contributed by atoms with E-state index in [0.29, 0.717) is 18.9 Å². The fraction of sp³-hybridized carbons (Fsp3) is 0.444. The first kappa shape index (κ1) is 17.3. The Morgan fingerprint density at radius 3 is 2.68 bits per heavy atom. The summed E-state index contributed by atoms with van der Waals surface area (Å²) in [6.45, 7) is 6.30. The number of piperazine rings is 1. The Balaban J connectivity index is 1.51. The third-order valence-corrected chi connectivity index (χ3v) is 4.28. The minimum atomic E-state index is -0.0161. The molecular weight excluding hydrogens is 318 g/mol. The summed E-state index contributed by atoms with van der Waals surface area (Å²) >= 11 is 0. The highest BCUT2D eigenvalue weighted by molar-refractivity contribution is 5.93. The molecule has 2 heterocycles. The van der Waals surface area contributed by atoms with E-state index in [0.717, 1.165) is 37.8 Å². The summed E-state index contributed by atoms with van der Waals surface area (Å²) in [7, 11) is 2.00. The smallest absolute Gasteiger partial charge is 0.238 e. The first-order valence-electron chi connectivity index (χ1n) is 8.63. The molecule has 7 nitrogen and oxygen atoms in total. The van der Waals surface area contributed by atoms with Gasteiger partial charge in [0.05, 0.1) is 18.8 Å². The van der Waals surface area contributed by atoms with Crippen LogP contribution >= 0.6 is 0 Å². The van der Waals surface area contributed by atoms with Gasteiger partial charge in [0.15, 0.2) is 0 Å². The normalized spacial score (nSPS) is 15.2. The first-order chi connectivity index (χ1) is 12.2. The molecule has 7 heteroatoms. The maximum Gasteiger partial charge on any atom is 0.238 e. The lowest BCUT2D eigenvalue weighted by Gasteiger charge is -2.34. The van der Waals surface area contributed by atoms with Crippen LogP contribution in [0.25, 0.3) is 0 Å². The SMILES string of the molecule is CCOc1ccccc1NC(=O)CN1CCN(c2nccn2C)CC1. The molecule has 0 radical (unpaired) electrons. The van der Waals surface area contributed by atoms with Crippen molar-refractivity contribution < 1.29 is 9.53 Å². The number of hydrogen-bond donors (Lipinski definition) is 1. The third-order valence-electron chi connectivity index (χ3n) is 4.28. The Morgan fingerprint density at radius 1 is 1.24 bits per heavy atom. The highest BCUT2D eigenvalue weighted by Crippen LogP contribution is 2.23. The largest absolute Gasteiger partial charge is 0.492 e. The molecule has 134 valence electrons. The maximum absolute atomic E-state index is 12.4. The number of nitrogens with zero attached hydrogens (tertiary/aromatic N) is 4. The Bertz CT molecular complexity index is 707. The third kappa shape index (κ3) is 4.30. The quantitative estimate of drug-likeness (QED) is 0.863. The summed E-state index contributed by atoms with van der Waals surface area (Å²) < 4.78 is 7.57. The highest BCUT2D eigenvalue weighted by atomic mass is 16.5. The molecule has 0 atom stereocenters. The summed E-state index contributed by atoms with van der Waals surface area (Å²) in [6.07, 6.45) is 3.76. The molecule has 1 fully saturated rings. The molecule has 1 amide bonds. The average molecular weight is 343 g/mol. The fourth-order valence-corrected chi connectivity index (χ4v) is 3.01. The molecule has 1 aromatic heterocycles. The number of hydrogen-bond acceptors (Lipinski definition) is 5. The van der Waals surface area contributed by atoms with Crippen LogP contribution in [0.15, 0.2) is 36.7 Å². The molecule has 1 N–H and O–H groups in total. The lowest BCUT2D eigenvalue weighted by molar-refractivity contribution is -0.117. The van der Waals surface area contributed by atoms with E-state index < -0.39 is 0 Å². The standard InChI is InChI=1S/C18H25N5O2/c1-3-25-16-7-5-4-6-15(16)20-17(24)14-22-10-12-23(13-11-22)18-19-8-9-21(18)2/h4-9H,3,10-14H2,1-2H3,(H,20,24). The van der Waals surface area contributed by atoms with Crippen molar-refractivity contribution in [1.29, 1.82) is 0 Å². The lowest BCUT2D eigenvalue weighted by atomic mass is 10.2. The molecule has 0 bridgehead atoms. The van der Waals surface area contributed by atoms with E-state index in [-0.39, 0.29) is 5.91 Å². The molecule has 1 aliphatic heterocycles. The number of carbonyl (C=O) groups is 1. The summed E-state index contributed by atoms with van der Waals surface area (Å²) in [5.74, 6) is 1.67. The number of imidazole rings is 1. The molecule has 0 saturated carbocycles. The number of aromatic nitrogens is 2. The van der Waals surface area contributed by atoms with Gasteiger partial charge in [0.2, 0.25) is 11.9 Å². The van der Waals surface area contributed by atoms with Gasteiger partial charge in [-0.3, -0.25) is 9.69 Å². The summed E-state index contributed by atoms with van der Waals surface area (Å²) in [6, 6.07) is 7.52. The van der Waals surface area contributed by atoms with Gasteiger partial charge in [0.1, 0.15) is 5.75 Å². The van der Waals surface area contributed by atoms with Gasteiger partial charge in [-0.1, -0.05) is 12.1 Å². The van der Waals surface area contributed by atoms with Crippen molar-refractivity contribution in [2.45, 2.75) is 6.92 Å². The molecule has 0 aliphatic carbocycles. The van der Waals surface area contributed by atoms with E-state index in [1.54, 1.807) is 0 Å². The van der Waals surface area contributed by atoms with Gasteiger partial charge in [0.25, 0.3) is 0 Å². The second-order valence-electron chi connectivity index (χ2n) is 6.08. The fourth-order valence-electron chi connectivity index (χ4n) is 3.01. The monoisotopic (exact) mass is 343 g/mol. The zero-order valence-electron chi connectivity index (χ0n) is 14.8. The van der Waals surface area contributed by atoms with Crippen LogP contribution in [0.1, 0.15) is 6.92 Å². The molecule has 2 aromatic rings. The van der Waals surface area contributed by atoms with E-state index in [2.05, 4.69) is 20.1 Å². The number of nitrogens with one attached hydrogen (secondary N) is 1. The second kappa shape index (κ2) is 8.02. The van der Waals surface area contributed by atoms with Crippen molar-refractivity contribution in [2.75, 3.05) is 49.5 Å². The Kier molecular flexibility index (Phi) is 5.55. The van der Waals surface area contributed by atoms with Crippen molar-refractivity contribution in [1.82, 2.24) is 14.5 Å². The van der Waals surface area contributed by atoms with Crippen LogP contribution in [0.5, 0.6) is 5.75 Å². The molecule has 25 heavy (non-hydrogen) atoms. The van der Waals surface area contributed by atoms with E-state index in [4.69, 9.17) is 4.74 Å². The molecular formula is C18H25N5O2. The van der Waals surface area contributed by atoms with Gasteiger partial charge in [-0.2, -0.15) is 0 Å². The van der Waals surface area contributed by atoms with Gasteiger partial charge < -0.3 is 19.5 Å². The van der Waals surface area contributed by atoms with Gasteiger partial charge in [-0.05, 0) is 19.1 Å². The zero-order chi connectivity index (χ0) is 17.6. The van der Waals surface area contributed by atoms with Gasteiger partial charge in [-0.15, -0.1) is 0 Å². The number of benzene rings is 1. The van der Waals surface area contributed by atoms with E-state index in [1.807, 2.05) is 55.2 Å². The highest BCUT2D eigenvalue weighted by Gasteiger charge is 2.21. The van der Waals surface area contributed by atoms with E-state index in [1.165, 1.54) is 0 Å². The minimum absolute atomic E-state index is 0.0161. The lowest BCUT2D eigenvalue weighted by Crippen LogP contribution is -2.49. The number of amides is 1. The average Bonchev–Trinajstić information content (AvgIpc) is 3.03. The van der Waals surface area contributed by atoms with Crippen LogP contribution in [0.2, 0.25) is 0 Å². The van der Waals surface area contributed by atoms with Crippen LogP contribution in [0.4, 0.5) is 11.6 Å². The summed E-state index contributed by atoms with van der Waals surface area (Å²) in [4.78, 5) is 21.2. The zero-order valence-corrected chi connectivity index (χ0v) is 14.8. The number of carbonyl (C=O) groups excluding carboxylic acids is 1. The summed E-state index contributed by atoms with van der Waals surface area (Å²) in [5.41, 5.74) is 0.723. The minimum Gasteiger partial charge on any atom is -0.492 e. The number of rotatable bonds is 6. The molecule has 0 unspecified atom stereocenters. The maximum atomic E-state index is 12.4. The van der Waals surface area contributed by atoms with Gasteiger partial charge >= 0.3 is 0 Å². The van der Waals surface area contributed by atoms with Crippen molar-refractivity contribution >= 4 is 17.5 Å².